The van der Waals surface area contributed by atoms with Gasteiger partial charge < -0.3 is 20.6 Å². The minimum Gasteiger partial charge on any atom is -0.384 e. The van der Waals surface area contributed by atoms with Crippen molar-refractivity contribution < 1.29 is 27.9 Å². The van der Waals surface area contributed by atoms with E-state index in [1.165, 1.54) is 12.1 Å². The van der Waals surface area contributed by atoms with Crippen LogP contribution in [0.25, 0.3) is 0 Å². The fraction of sp³-hybridized carbons (Fsp3) is 0.560. The monoisotopic (exact) mass is 524 g/mol. The Morgan fingerprint density at radius 1 is 1.22 bits per heavy atom. The number of carbonyl (C=O) groups is 2. The zero-order chi connectivity index (χ0) is 25.9. The molecule has 0 bridgehead atoms. The summed E-state index contributed by atoms with van der Waals surface area (Å²) in [6.45, 7) is 2.83. The minimum atomic E-state index is -4.54. The number of thiazole rings is 1. The Bertz CT molecular complexity index is 1080. The Labute approximate surface area is 212 Å². The van der Waals surface area contributed by atoms with Crippen molar-refractivity contribution in [2.45, 2.75) is 69.3 Å². The molecule has 7 nitrogen and oxygen atoms in total. The molecule has 4 rings (SSSR count). The number of halogens is 3. The minimum absolute atomic E-state index is 0.124. The third-order valence-corrected chi connectivity index (χ3v) is 8.33. The number of aryl methyl sites for hydroxylation is 1. The van der Waals surface area contributed by atoms with E-state index in [9.17, 15) is 27.9 Å². The van der Waals surface area contributed by atoms with Gasteiger partial charge >= 0.3 is 6.18 Å². The molecule has 36 heavy (non-hydrogen) atoms. The van der Waals surface area contributed by atoms with Gasteiger partial charge in [-0.05, 0) is 56.7 Å². The van der Waals surface area contributed by atoms with Crippen molar-refractivity contribution >= 4 is 23.2 Å². The van der Waals surface area contributed by atoms with Gasteiger partial charge in [0.1, 0.15) is 5.60 Å². The lowest BCUT2D eigenvalue weighted by atomic mass is 9.81. The molecule has 0 spiro atoms. The molecule has 1 saturated heterocycles. The Hall–Kier alpha value is -2.50. The van der Waals surface area contributed by atoms with Crippen molar-refractivity contribution in [3.8, 4) is 0 Å². The van der Waals surface area contributed by atoms with Crippen LogP contribution in [0.1, 0.15) is 64.8 Å². The fourth-order valence-electron chi connectivity index (χ4n) is 4.86. The van der Waals surface area contributed by atoms with Crippen LogP contribution in [-0.2, 0) is 23.0 Å². The number of alkyl halides is 3. The highest BCUT2D eigenvalue weighted by Gasteiger charge is 2.38. The van der Waals surface area contributed by atoms with Gasteiger partial charge in [0.25, 0.3) is 5.91 Å². The number of hydrogen-bond donors (Lipinski definition) is 3. The standard InChI is InChI=1S/C25H31F3N4O3S/c1-2-21-29-13-20(36-21)24(35)9-6-18(7-10-24)31-19-8-11-32(15-19)22(33)14-30-23(34)16-4-3-5-17(12-16)25(26,27)28/h3-5,12-13,18-19,31,35H,2,6-11,14-15H2,1H3,(H,30,34). The summed E-state index contributed by atoms with van der Waals surface area (Å²) in [7, 11) is 0. The van der Waals surface area contributed by atoms with Gasteiger partial charge in [-0.3, -0.25) is 9.59 Å². The first-order chi connectivity index (χ1) is 17.1. The van der Waals surface area contributed by atoms with Crippen LogP contribution in [0.4, 0.5) is 13.2 Å². The lowest BCUT2D eigenvalue weighted by Gasteiger charge is -2.36. The van der Waals surface area contributed by atoms with Gasteiger partial charge in [-0.1, -0.05) is 13.0 Å². The number of aromatic nitrogens is 1. The summed E-state index contributed by atoms with van der Waals surface area (Å²) in [4.78, 5) is 31.8. The van der Waals surface area contributed by atoms with E-state index in [1.807, 2.05) is 6.92 Å². The third-order valence-electron chi connectivity index (χ3n) is 6.99. The second-order valence-corrected chi connectivity index (χ2v) is 10.6. The van der Waals surface area contributed by atoms with E-state index in [0.717, 1.165) is 47.7 Å². The molecule has 11 heteroatoms. The molecular formula is C25H31F3N4O3S. The first-order valence-corrected chi connectivity index (χ1v) is 13.1. The summed E-state index contributed by atoms with van der Waals surface area (Å²) in [5, 5.41) is 18.2. The first kappa shape index (κ1) is 26.6. The van der Waals surface area contributed by atoms with Crippen molar-refractivity contribution in [3.05, 3.63) is 51.5 Å². The van der Waals surface area contributed by atoms with E-state index in [1.54, 1.807) is 22.4 Å². The van der Waals surface area contributed by atoms with E-state index in [-0.39, 0.29) is 30.1 Å². The molecule has 1 aliphatic carbocycles. The van der Waals surface area contributed by atoms with E-state index in [2.05, 4.69) is 15.6 Å². The fourth-order valence-corrected chi connectivity index (χ4v) is 5.86. The summed E-state index contributed by atoms with van der Waals surface area (Å²) in [6, 6.07) is 4.51. The van der Waals surface area contributed by atoms with E-state index < -0.39 is 23.2 Å². The van der Waals surface area contributed by atoms with Gasteiger partial charge in [0.2, 0.25) is 5.91 Å². The lowest BCUT2D eigenvalue weighted by molar-refractivity contribution is -0.137. The Kier molecular flexibility index (Phi) is 8.01. The molecule has 1 unspecified atom stereocenters. The maximum atomic E-state index is 12.9. The average Bonchev–Trinajstić information content (AvgIpc) is 3.54. The predicted octanol–water partition coefficient (Wildman–Crippen LogP) is 3.48. The second kappa shape index (κ2) is 10.9. The Balaban J connectivity index is 1.21. The van der Waals surface area contributed by atoms with Crippen LogP contribution < -0.4 is 10.6 Å². The van der Waals surface area contributed by atoms with E-state index >= 15 is 0 Å². The van der Waals surface area contributed by atoms with Crippen LogP contribution in [0.2, 0.25) is 0 Å². The summed E-state index contributed by atoms with van der Waals surface area (Å²) in [5.74, 6) is -0.986. The van der Waals surface area contributed by atoms with Gasteiger partial charge in [-0.15, -0.1) is 11.3 Å². The molecule has 196 valence electrons. The molecule has 2 aromatic rings. The van der Waals surface area contributed by atoms with Crippen LogP contribution in [0.15, 0.2) is 30.5 Å². The van der Waals surface area contributed by atoms with Gasteiger partial charge in [0.05, 0.1) is 22.0 Å². The smallest absolute Gasteiger partial charge is 0.384 e. The summed E-state index contributed by atoms with van der Waals surface area (Å²) in [5.41, 5.74) is -1.87. The van der Waals surface area contributed by atoms with Crippen LogP contribution in [0.3, 0.4) is 0 Å². The van der Waals surface area contributed by atoms with Crippen molar-refractivity contribution in [1.29, 1.82) is 0 Å². The molecule has 0 radical (unpaired) electrons. The van der Waals surface area contributed by atoms with Crippen LogP contribution in [0, 0.1) is 0 Å². The lowest BCUT2D eigenvalue weighted by Crippen LogP contribution is -2.46. The molecule has 1 aromatic carbocycles. The summed E-state index contributed by atoms with van der Waals surface area (Å²) >= 11 is 1.58. The van der Waals surface area contributed by atoms with Crippen molar-refractivity contribution in [2.75, 3.05) is 19.6 Å². The Morgan fingerprint density at radius 2 is 1.97 bits per heavy atom. The van der Waals surface area contributed by atoms with Crippen molar-refractivity contribution in [1.82, 2.24) is 20.5 Å². The van der Waals surface area contributed by atoms with Gasteiger partial charge in [0.15, 0.2) is 0 Å². The second-order valence-electron chi connectivity index (χ2n) is 9.53. The highest BCUT2D eigenvalue weighted by Crippen LogP contribution is 2.40. The highest BCUT2D eigenvalue weighted by molar-refractivity contribution is 7.11. The number of carbonyl (C=O) groups excluding carboxylic acids is 2. The third kappa shape index (κ3) is 6.24. The maximum absolute atomic E-state index is 12.9. The molecule has 2 heterocycles. The zero-order valence-electron chi connectivity index (χ0n) is 20.1. The number of amides is 2. The molecule has 1 aromatic heterocycles. The summed E-state index contributed by atoms with van der Waals surface area (Å²) in [6.07, 6.45) is 1.87. The average molecular weight is 525 g/mol. The van der Waals surface area contributed by atoms with Crippen molar-refractivity contribution in [3.63, 3.8) is 0 Å². The molecule has 1 atom stereocenters. The maximum Gasteiger partial charge on any atom is 0.416 e. The zero-order valence-corrected chi connectivity index (χ0v) is 20.9. The molecule has 2 aliphatic rings. The van der Waals surface area contributed by atoms with Crippen LogP contribution >= 0.6 is 11.3 Å². The molecule has 2 fully saturated rings. The number of aliphatic hydroxyl groups is 1. The predicted molar refractivity (Wildman–Crippen MR) is 130 cm³/mol. The number of rotatable bonds is 7. The summed E-state index contributed by atoms with van der Waals surface area (Å²) < 4.78 is 38.6. The normalized spacial score (nSPS) is 24.6. The van der Waals surface area contributed by atoms with Crippen molar-refractivity contribution in [2.24, 2.45) is 0 Å². The van der Waals surface area contributed by atoms with Gasteiger partial charge in [-0.25, -0.2) is 4.98 Å². The number of nitrogens with zero attached hydrogens (tertiary/aromatic N) is 2. The molecule has 3 N–H and O–H groups in total. The SMILES string of the molecule is CCc1ncc(C2(O)CCC(NC3CCN(C(=O)CNC(=O)c4cccc(C(F)(F)F)c4)C3)CC2)s1. The van der Waals surface area contributed by atoms with Crippen LogP contribution in [0.5, 0.6) is 0 Å². The number of benzene rings is 1. The highest BCUT2D eigenvalue weighted by atomic mass is 32.1. The first-order valence-electron chi connectivity index (χ1n) is 12.2. The van der Waals surface area contributed by atoms with Crippen LogP contribution in [-0.4, -0.2) is 58.5 Å². The molecule has 1 saturated carbocycles. The quantitative estimate of drug-likeness (QED) is 0.516. The van der Waals surface area contributed by atoms with E-state index in [0.29, 0.717) is 25.9 Å². The number of hydrogen-bond acceptors (Lipinski definition) is 6. The molecule has 1 aliphatic heterocycles. The van der Waals surface area contributed by atoms with Gasteiger partial charge in [0, 0.05) is 36.9 Å². The van der Waals surface area contributed by atoms with E-state index in [4.69, 9.17) is 0 Å². The number of nitrogens with one attached hydrogen (secondary N) is 2. The Morgan fingerprint density at radius 3 is 2.64 bits per heavy atom. The topological polar surface area (TPSA) is 94.6 Å². The van der Waals surface area contributed by atoms with Gasteiger partial charge in [-0.2, -0.15) is 13.2 Å². The molecular weight excluding hydrogens is 493 g/mol. The largest absolute Gasteiger partial charge is 0.416 e. The number of likely N-dealkylation sites (tertiary alicyclic amines) is 1. The molecule has 2 amide bonds.